The number of aryl methyl sites for hydroxylation is 1. The molecule has 3 N–H and O–H groups in total. The van der Waals surface area contributed by atoms with E-state index in [4.69, 9.17) is 5.73 Å². The van der Waals surface area contributed by atoms with Gasteiger partial charge in [-0.1, -0.05) is 0 Å². The molecule has 1 amide bonds. The second-order valence-corrected chi connectivity index (χ2v) is 5.60. The lowest BCUT2D eigenvalue weighted by Gasteiger charge is -2.17. The first kappa shape index (κ1) is 13.4. The highest BCUT2D eigenvalue weighted by molar-refractivity contribution is 7.11. The van der Waals surface area contributed by atoms with Crippen molar-refractivity contribution in [3.8, 4) is 5.75 Å². The van der Waals surface area contributed by atoms with Gasteiger partial charge in [0.05, 0.1) is 17.1 Å². The number of anilines is 1. The van der Waals surface area contributed by atoms with Crippen LogP contribution < -0.4 is 5.73 Å². The van der Waals surface area contributed by atoms with E-state index in [0.717, 1.165) is 9.88 Å². The summed E-state index contributed by atoms with van der Waals surface area (Å²) in [6.45, 7) is 2.39. The first-order chi connectivity index (χ1) is 8.97. The number of hydrogen-bond acceptors (Lipinski definition) is 5. The molecule has 2 aromatic rings. The minimum Gasteiger partial charge on any atom is -0.508 e. The Morgan fingerprint density at radius 3 is 2.89 bits per heavy atom. The number of benzene rings is 1. The highest BCUT2D eigenvalue weighted by atomic mass is 32.1. The monoisotopic (exact) mass is 277 g/mol. The number of phenols is 1. The quantitative estimate of drug-likeness (QED) is 0.664. The number of nitrogens with two attached hydrogens (primary N) is 1. The maximum atomic E-state index is 12.2. The third-order valence-electron chi connectivity index (χ3n) is 2.68. The number of nitrogens with zero attached hydrogens (tertiary/aromatic N) is 2. The van der Waals surface area contributed by atoms with Crippen molar-refractivity contribution in [1.29, 1.82) is 0 Å². The maximum Gasteiger partial charge on any atom is 0.256 e. The number of rotatable bonds is 3. The van der Waals surface area contributed by atoms with Crippen LogP contribution >= 0.6 is 11.3 Å². The Bertz CT molecular complexity index is 610. The van der Waals surface area contributed by atoms with Gasteiger partial charge in [0.15, 0.2) is 0 Å². The standard InChI is InChI=1S/C13H15N3O2S/c1-8-15-6-10(19-8)7-16(2)13(18)11-5-9(17)3-4-12(11)14/h3-6,17H,7,14H2,1-2H3. The second-order valence-electron chi connectivity index (χ2n) is 4.28. The van der Waals surface area contributed by atoms with E-state index >= 15 is 0 Å². The van der Waals surface area contributed by atoms with Gasteiger partial charge in [-0.15, -0.1) is 11.3 Å². The zero-order valence-electron chi connectivity index (χ0n) is 10.8. The Morgan fingerprint density at radius 1 is 1.53 bits per heavy atom. The molecule has 19 heavy (non-hydrogen) atoms. The molecule has 1 heterocycles. The topological polar surface area (TPSA) is 79.5 Å². The summed E-state index contributed by atoms with van der Waals surface area (Å²) in [6, 6.07) is 4.36. The number of aromatic hydroxyl groups is 1. The van der Waals surface area contributed by atoms with Gasteiger partial charge in [0.2, 0.25) is 0 Å². The molecule has 1 aromatic heterocycles. The van der Waals surface area contributed by atoms with Gasteiger partial charge in [-0.05, 0) is 25.1 Å². The van der Waals surface area contributed by atoms with E-state index in [1.54, 1.807) is 29.5 Å². The van der Waals surface area contributed by atoms with Crippen LogP contribution in [0.4, 0.5) is 5.69 Å². The molecule has 0 radical (unpaired) electrons. The SMILES string of the molecule is Cc1ncc(CN(C)C(=O)c2cc(O)ccc2N)s1. The predicted octanol–water partition coefficient (Wildman–Crippen LogP) is 2.01. The average Bonchev–Trinajstić information content (AvgIpc) is 2.77. The van der Waals surface area contributed by atoms with Gasteiger partial charge >= 0.3 is 0 Å². The van der Waals surface area contributed by atoms with E-state index in [1.807, 2.05) is 6.92 Å². The summed E-state index contributed by atoms with van der Waals surface area (Å²) in [5, 5.41) is 10.4. The third kappa shape index (κ3) is 3.03. The molecule has 0 saturated carbocycles. The number of carbonyl (C=O) groups excluding carboxylic acids is 1. The molecule has 0 bridgehead atoms. The zero-order chi connectivity index (χ0) is 14.0. The molecule has 0 aliphatic heterocycles. The summed E-state index contributed by atoms with van der Waals surface area (Å²) in [6.07, 6.45) is 1.76. The fourth-order valence-electron chi connectivity index (χ4n) is 1.72. The van der Waals surface area contributed by atoms with E-state index in [2.05, 4.69) is 4.98 Å². The first-order valence-electron chi connectivity index (χ1n) is 5.72. The molecule has 0 saturated heterocycles. The van der Waals surface area contributed by atoms with Crippen LogP contribution in [0.1, 0.15) is 20.2 Å². The minimum absolute atomic E-state index is 0.0274. The van der Waals surface area contributed by atoms with Crippen LogP contribution in [-0.2, 0) is 6.54 Å². The van der Waals surface area contributed by atoms with Crippen molar-refractivity contribution >= 4 is 22.9 Å². The molecule has 0 spiro atoms. The number of aromatic nitrogens is 1. The minimum atomic E-state index is -0.223. The van der Waals surface area contributed by atoms with Crippen LogP contribution in [0, 0.1) is 6.92 Å². The van der Waals surface area contributed by atoms with Crippen molar-refractivity contribution in [2.75, 3.05) is 12.8 Å². The van der Waals surface area contributed by atoms with Crippen molar-refractivity contribution < 1.29 is 9.90 Å². The summed E-state index contributed by atoms with van der Waals surface area (Å²) >= 11 is 1.55. The van der Waals surface area contributed by atoms with Crippen molar-refractivity contribution in [1.82, 2.24) is 9.88 Å². The molecular weight excluding hydrogens is 262 g/mol. The van der Waals surface area contributed by atoms with E-state index in [0.29, 0.717) is 17.8 Å². The summed E-state index contributed by atoms with van der Waals surface area (Å²) in [4.78, 5) is 19.0. The van der Waals surface area contributed by atoms with Gasteiger partial charge in [0.25, 0.3) is 5.91 Å². The highest BCUT2D eigenvalue weighted by Crippen LogP contribution is 2.21. The predicted molar refractivity (Wildman–Crippen MR) is 75.2 cm³/mol. The Hall–Kier alpha value is -2.08. The highest BCUT2D eigenvalue weighted by Gasteiger charge is 2.16. The van der Waals surface area contributed by atoms with E-state index in [1.165, 1.54) is 18.2 Å². The van der Waals surface area contributed by atoms with Gasteiger partial charge < -0.3 is 15.7 Å². The summed E-state index contributed by atoms with van der Waals surface area (Å²) in [5.74, 6) is -0.195. The number of thiazole rings is 1. The van der Waals surface area contributed by atoms with Gasteiger partial charge in [-0.3, -0.25) is 4.79 Å². The van der Waals surface area contributed by atoms with Crippen molar-refractivity contribution in [2.24, 2.45) is 0 Å². The largest absolute Gasteiger partial charge is 0.508 e. The Labute approximate surface area is 115 Å². The van der Waals surface area contributed by atoms with Gasteiger partial charge in [0, 0.05) is 23.8 Å². The zero-order valence-corrected chi connectivity index (χ0v) is 11.6. The van der Waals surface area contributed by atoms with Gasteiger partial charge in [-0.2, -0.15) is 0 Å². The average molecular weight is 277 g/mol. The molecule has 0 fully saturated rings. The molecule has 5 nitrogen and oxygen atoms in total. The summed E-state index contributed by atoms with van der Waals surface area (Å²) < 4.78 is 0. The summed E-state index contributed by atoms with van der Waals surface area (Å²) in [5.41, 5.74) is 6.42. The number of phenolic OH excluding ortho intramolecular Hbond substituents is 1. The molecular formula is C13H15N3O2S. The molecule has 0 aliphatic rings. The molecule has 1 aromatic carbocycles. The second kappa shape index (κ2) is 5.27. The Morgan fingerprint density at radius 2 is 2.26 bits per heavy atom. The van der Waals surface area contributed by atoms with Crippen LogP contribution in [-0.4, -0.2) is 27.9 Å². The first-order valence-corrected chi connectivity index (χ1v) is 6.54. The van der Waals surface area contributed by atoms with Crippen LogP contribution in [0.3, 0.4) is 0 Å². The molecule has 2 rings (SSSR count). The van der Waals surface area contributed by atoms with Crippen molar-refractivity contribution in [2.45, 2.75) is 13.5 Å². The molecule has 0 unspecified atom stereocenters. The lowest BCUT2D eigenvalue weighted by molar-refractivity contribution is 0.0787. The summed E-state index contributed by atoms with van der Waals surface area (Å²) in [7, 11) is 1.70. The lowest BCUT2D eigenvalue weighted by atomic mass is 10.1. The van der Waals surface area contributed by atoms with Crippen molar-refractivity contribution in [3.63, 3.8) is 0 Å². The fourth-order valence-corrected chi connectivity index (χ4v) is 2.57. The fraction of sp³-hybridized carbons (Fsp3) is 0.231. The maximum absolute atomic E-state index is 12.2. The Balaban J connectivity index is 2.16. The third-order valence-corrected chi connectivity index (χ3v) is 3.57. The van der Waals surface area contributed by atoms with Crippen LogP contribution in [0.5, 0.6) is 5.75 Å². The molecule has 0 atom stereocenters. The molecule has 100 valence electrons. The number of amides is 1. The number of carbonyl (C=O) groups is 1. The lowest BCUT2D eigenvalue weighted by Crippen LogP contribution is -2.26. The number of nitrogen functional groups attached to an aromatic ring is 1. The number of hydrogen-bond donors (Lipinski definition) is 2. The molecule has 0 aliphatic carbocycles. The van der Waals surface area contributed by atoms with Crippen LogP contribution in [0.2, 0.25) is 0 Å². The Kier molecular flexibility index (Phi) is 3.71. The van der Waals surface area contributed by atoms with Crippen LogP contribution in [0.15, 0.2) is 24.4 Å². The van der Waals surface area contributed by atoms with E-state index in [-0.39, 0.29) is 11.7 Å². The normalized spacial score (nSPS) is 10.4. The van der Waals surface area contributed by atoms with Crippen molar-refractivity contribution in [3.05, 3.63) is 39.8 Å². The molecule has 6 heteroatoms. The van der Waals surface area contributed by atoms with Crippen LogP contribution in [0.25, 0.3) is 0 Å². The van der Waals surface area contributed by atoms with E-state index < -0.39 is 0 Å². The van der Waals surface area contributed by atoms with Gasteiger partial charge in [0.1, 0.15) is 5.75 Å². The smallest absolute Gasteiger partial charge is 0.256 e. The van der Waals surface area contributed by atoms with Gasteiger partial charge in [-0.25, -0.2) is 4.98 Å². The van der Waals surface area contributed by atoms with E-state index in [9.17, 15) is 9.90 Å².